The van der Waals surface area contributed by atoms with E-state index in [1.54, 1.807) is 101 Å². The second-order valence-corrected chi connectivity index (χ2v) is 11.6. The first kappa shape index (κ1) is 28.5. The van der Waals surface area contributed by atoms with Gasteiger partial charge < -0.3 is 14.8 Å². The predicted molar refractivity (Wildman–Crippen MR) is 151 cm³/mol. The quantitative estimate of drug-likeness (QED) is 0.299. The van der Waals surface area contributed by atoms with E-state index >= 15 is 0 Å². The lowest BCUT2D eigenvalue weighted by Crippen LogP contribution is -2.40. The van der Waals surface area contributed by atoms with Crippen LogP contribution < -0.4 is 14.8 Å². The van der Waals surface area contributed by atoms with Crippen molar-refractivity contribution in [2.75, 3.05) is 19.5 Å². The molecular formula is C29H30N4O6S. The lowest BCUT2D eigenvalue weighted by atomic mass is 10.1. The zero-order chi connectivity index (χ0) is 29.1. The predicted octanol–water partition coefficient (Wildman–Crippen LogP) is 4.66. The zero-order valence-corrected chi connectivity index (χ0v) is 23.6. The summed E-state index contributed by atoms with van der Waals surface area (Å²) in [4.78, 5) is 25.6. The molecule has 0 atom stereocenters. The van der Waals surface area contributed by atoms with Crippen LogP contribution in [0.1, 0.15) is 41.7 Å². The van der Waals surface area contributed by atoms with Gasteiger partial charge in [0.15, 0.2) is 5.69 Å². The van der Waals surface area contributed by atoms with Crippen molar-refractivity contribution < 1.29 is 27.5 Å². The number of nitrogens with one attached hydrogen (secondary N) is 2. The van der Waals surface area contributed by atoms with E-state index in [4.69, 9.17) is 9.47 Å². The molecule has 3 aromatic carbocycles. The van der Waals surface area contributed by atoms with E-state index < -0.39 is 27.4 Å². The van der Waals surface area contributed by atoms with Gasteiger partial charge in [0.05, 0.1) is 24.8 Å². The van der Waals surface area contributed by atoms with Crippen molar-refractivity contribution in [3.8, 4) is 22.6 Å². The van der Waals surface area contributed by atoms with Gasteiger partial charge in [0, 0.05) is 22.9 Å². The molecule has 40 heavy (non-hydrogen) atoms. The molecule has 0 aliphatic carbocycles. The summed E-state index contributed by atoms with van der Waals surface area (Å²) < 4.78 is 40.1. The first-order chi connectivity index (χ1) is 18.9. The van der Waals surface area contributed by atoms with E-state index in [0.717, 1.165) is 0 Å². The van der Waals surface area contributed by atoms with Gasteiger partial charge in [-0.25, -0.2) is 22.6 Å². The van der Waals surface area contributed by atoms with Gasteiger partial charge in [-0.1, -0.05) is 30.3 Å². The number of carbonyl (C=O) groups excluding carboxylic acids is 2. The highest BCUT2D eigenvalue weighted by atomic mass is 32.2. The number of amides is 1. The Hall–Kier alpha value is -4.48. The van der Waals surface area contributed by atoms with Gasteiger partial charge in [-0.05, 0) is 68.8 Å². The molecule has 0 spiro atoms. The Morgan fingerprint density at radius 3 is 2.15 bits per heavy atom. The molecule has 1 aromatic heterocycles. The number of esters is 1. The molecule has 0 bridgehead atoms. The average molecular weight is 563 g/mol. The SMILES string of the molecule is COC(=O)c1cc(C(=O)Nc2ccc(-c3ccccc3S(=O)(=O)NC(C)(C)C)cc2)n(-c2ccc(OC)cc2)n1. The van der Waals surface area contributed by atoms with Crippen molar-refractivity contribution in [2.45, 2.75) is 31.2 Å². The van der Waals surface area contributed by atoms with Crippen LogP contribution in [0.5, 0.6) is 5.75 Å². The van der Waals surface area contributed by atoms with E-state index in [9.17, 15) is 18.0 Å². The van der Waals surface area contributed by atoms with E-state index in [1.807, 2.05) is 0 Å². The second-order valence-electron chi connectivity index (χ2n) is 9.90. The van der Waals surface area contributed by atoms with Crippen molar-refractivity contribution in [1.29, 1.82) is 0 Å². The fraction of sp³-hybridized carbons (Fsp3) is 0.207. The van der Waals surface area contributed by atoms with Crippen LogP contribution >= 0.6 is 0 Å². The van der Waals surface area contributed by atoms with Gasteiger partial charge in [0.2, 0.25) is 10.0 Å². The molecule has 11 heteroatoms. The lowest BCUT2D eigenvalue weighted by Gasteiger charge is -2.21. The summed E-state index contributed by atoms with van der Waals surface area (Å²) in [7, 11) is -1.00. The molecule has 208 valence electrons. The number of aromatic nitrogens is 2. The van der Waals surface area contributed by atoms with Crippen LogP contribution in [0, 0.1) is 0 Å². The fourth-order valence-corrected chi connectivity index (χ4v) is 5.64. The third-order valence-electron chi connectivity index (χ3n) is 5.72. The maximum atomic E-state index is 13.3. The number of sulfonamides is 1. The van der Waals surface area contributed by atoms with Crippen molar-refractivity contribution >= 4 is 27.6 Å². The van der Waals surface area contributed by atoms with Crippen molar-refractivity contribution in [2.24, 2.45) is 0 Å². The highest BCUT2D eigenvalue weighted by Gasteiger charge is 2.25. The monoisotopic (exact) mass is 562 g/mol. The minimum atomic E-state index is -3.78. The van der Waals surface area contributed by atoms with Crippen molar-refractivity contribution in [3.63, 3.8) is 0 Å². The summed E-state index contributed by atoms with van der Waals surface area (Å²) >= 11 is 0. The average Bonchev–Trinajstić information content (AvgIpc) is 3.38. The number of hydrogen-bond acceptors (Lipinski definition) is 7. The zero-order valence-electron chi connectivity index (χ0n) is 22.8. The largest absolute Gasteiger partial charge is 0.497 e. The van der Waals surface area contributed by atoms with Gasteiger partial charge in [-0.2, -0.15) is 5.10 Å². The van der Waals surface area contributed by atoms with Crippen LogP contribution in [-0.4, -0.2) is 49.8 Å². The summed E-state index contributed by atoms with van der Waals surface area (Å²) in [5.41, 5.74) is 1.62. The van der Waals surface area contributed by atoms with E-state index in [1.165, 1.54) is 17.9 Å². The fourth-order valence-electron chi connectivity index (χ4n) is 3.99. The minimum Gasteiger partial charge on any atom is -0.497 e. The number of rotatable bonds is 8. The van der Waals surface area contributed by atoms with Gasteiger partial charge in [-0.3, -0.25) is 4.79 Å². The summed E-state index contributed by atoms with van der Waals surface area (Å²) in [5, 5.41) is 7.07. The van der Waals surface area contributed by atoms with Crippen LogP contribution in [0.3, 0.4) is 0 Å². The highest BCUT2D eigenvalue weighted by molar-refractivity contribution is 7.89. The molecule has 0 fully saturated rings. The standard InChI is InChI=1S/C29H30N4O6S/c1-29(2,3)32-40(36,37)26-9-7-6-8-23(26)19-10-12-20(13-11-19)30-27(34)25-18-24(28(35)39-5)31-33(25)21-14-16-22(38-4)17-15-21/h6-18,32H,1-5H3,(H,30,34). The van der Waals surface area contributed by atoms with Crippen LogP contribution in [0.15, 0.2) is 83.8 Å². The topological polar surface area (TPSA) is 129 Å². The Kier molecular flexibility index (Phi) is 8.08. The van der Waals surface area contributed by atoms with Gasteiger partial charge in [0.1, 0.15) is 11.4 Å². The van der Waals surface area contributed by atoms with E-state index in [2.05, 4.69) is 15.1 Å². The molecule has 0 unspecified atom stereocenters. The molecule has 1 heterocycles. The van der Waals surface area contributed by atoms with Crippen molar-refractivity contribution in [1.82, 2.24) is 14.5 Å². The third kappa shape index (κ3) is 6.38. The molecule has 1 amide bonds. The molecular weight excluding hydrogens is 532 g/mol. The Balaban J connectivity index is 1.62. The number of methoxy groups -OCH3 is 2. The summed E-state index contributed by atoms with van der Waals surface area (Å²) in [5.74, 6) is -0.567. The minimum absolute atomic E-state index is 0.0273. The highest BCUT2D eigenvalue weighted by Crippen LogP contribution is 2.29. The smallest absolute Gasteiger partial charge is 0.358 e. The second kappa shape index (κ2) is 11.3. The molecule has 2 N–H and O–H groups in total. The normalized spacial score (nSPS) is 11.6. The number of benzene rings is 3. The molecule has 10 nitrogen and oxygen atoms in total. The van der Waals surface area contributed by atoms with Crippen LogP contribution in [-0.2, 0) is 14.8 Å². The van der Waals surface area contributed by atoms with Gasteiger partial charge in [0.25, 0.3) is 5.91 Å². The van der Waals surface area contributed by atoms with Crippen molar-refractivity contribution in [3.05, 3.63) is 90.3 Å². The summed E-state index contributed by atoms with van der Waals surface area (Å²) in [6.45, 7) is 5.33. The first-order valence-corrected chi connectivity index (χ1v) is 13.8. The maximum Gasteiger partial charge on any atom is 0.358 e. The third-order valence-corrected chi connectivity index (χ3v) is 7.54. The molecule has 0 aliphatic heterocycles. The Bertz CT molecular complexity index is 1640. The van der Waals surface area contributed by atoms with Gasteiger partial charge >= 0.3 is 5.97 Å². The number of carbonyl (C=O) groups is 2. The van der Waals surface area contributed by atoms with Gasteiger partial charge in [-0.15, -0.1) is 0 Å². The molecule has 0 radical (unpaired) electrons. The Morgan fingerprint density at radius 2 is 1.55 bits per heavy atom. The maximum absolute atomic E-state index is 13.3. The number of ether oxygens (including phenoxy) is 2. The number of nitrogens with zero attached hydrogens (tertiary/aromatic N) is 2. The molecule has 4 aromatic rings. The summed E-state index contributed by atoms with van der Waals surface area (Å²) in [6, 6.07) is 21.7. The van der Waals surface area contributed by atoms with E-state index in [0.29, 0.717) is 28.3 Å². The lowest BCUT2D eigenvalue weighted by molar-refractivity contribution is 0.0593. The van der Waals surface area contributed by atoms with Crippen LogP contribution in [0.2, 0.25) is 0 Å². The molecule has 0 aliphatic rings. The number of hydrogen-bond donors (Lipinski definition) is 2. The number of anilines is 1. The first-order valence-electron chi connectivity index (χ1n) is 12.3. The summed E-state index contributed by atoms with van der Waals surface area (Å²) in [6.07, 6.45) is 0. The molecule has 0 saturated carbocycles. The Morgan fingerprint density at radius 1 is 0.900 bits per heavy atom. The molecule has 4 rings (SSSR count). The molecule has 0 saturated heterocycles. The Labute approximate surface area is 233 Å². The van der Waals surface area contributed by atoms with E-state index in [-0.39, 0.29) is 16.3 Å². The van der Waals surface area contributed by atoms with Crippen LogP contribution in [0.25, 0.3) is 16.8 Å². The van der Waals surface area contributed by atoms with Crippen LogP contribution in [0.4, 0.5) is 5.69 Å².